The van der Waals surface area contributed by atoms with Crippen molar-refractivity contribution in [2.24, 2.45) is 5.92 Å². The van der Waals surface area contributed by atoms with E-state index in [4.69, 9.17) is 0 Å². The number of carbonyl (C=O) groups is 1. The van der Waals surface area contributed by atoms with E-state index in [-0.39, 0.29) is 5.91 Å². The Bertz CT molecular complexity index is 448. The number of anilines is 1. The van der Waals surface area contributed by atoms with E-state index in [1.807, 2.05) is 23.1 Å². The van der Waals surface area contributed by atoms with E-state index < -0.39 is 0 Å². The normalized spacial score (nSPS) is 20.1. The molecule has 0 N–H and O–H groups in total. The van der Waals surface area contributed by atoms with Crippen molar-refractivity contribution in [2.45, 2.75) is 19.8 Å². The number of likely N-dealkylation sites (tertiary alicyclic amines) is 1. The summed E-state index contributed by atoms with van der Waals surface area (Å²) in [6, 6.07) is 5.76. The standard InChI is InChI=1S/C14H19N3O/c1-11-9-17(10-11)13-6-4-5-12(15-13)14(18)16-7-2-3-8-16/h4-6,11H,2-3,7-10H2,1H3. The first-order valence-electron chi connectivity index (χ1n) is 6.75. The molecule has 1 aromatic heterocycles. The van der Waals surface area contributed by atoms with Crippen LogP contribution in [0.2, 0.25) is 0 Å². The Morgan fingerprint density at radius 1 is 1.28 bits per heavy atom. The van der Waals surface area contributed by atoms with Crippen molar-refractivity contribution in [3.05, 3.63) is 23.9 Å². The van der Waals surface area contributed by atoms with Gasteiger partial charge in [-0.15, -0.1) is 0 Å². The molecule has 4 heteroatoms. The van der Waals surface area contributed by atoms with Gasteiger partial charge in [-0.3, -0.25) is 4.79 Å². The number of aromatic nitrogens is 1. The van der Waals surface area contributed by atoms with Crippen LogP contribution in [0.25, 0.3) is 0 Å². The van der Waals surface area contributed by atoms with Crippen LogP contribution in [-0.4, -0.2) is 42.0 Å². The number of rotatable bonds is 2. The first-order valence-corrected chi connectivity index (χ1v) is 6.75. The highest BCUT2D eigenvalue weighted by Crippen LogP contribution is 2.22. The Morgan fingerprint density at radius 3 is 2.67 bits per heavy atom. The average molecular weight is 245 g/mol. The smallest absolute Gasteiger partial charge is 0.272 e. The van der Waals surface area contributed by atoms with Crippen LogP contribution in [0.4, 0.5) is 5.82 Å². The lowest BCUT2D eigenvalue weighted by molar-refractivity contribution is 0.0787. The maximum absolute atomic E-state index is 12.2. The maximum Gasteiger partial charge on any atom is 0.272 e. The van der Waals surface area contributed by atoms with E-state index in [0.717, 1.165) is 50.8 Å². The fourth-order valence-corrected chi connectivity index (χ4v) is 2.69. The Labute approximate surface area is 108 Å². The molecule has 1 amide bonds. The molecule has 0 aliphatic carbocycles. The van der Waals surface area contributed by atoms with Gasteiger partial charge in [-0.25, -0.2) is 4.98 Å². The zero-order chi connectivity index (χ0) is 12.5. The summed E-state index contributed by atoms with van der Waals surface area (Å²) in [7, 11) is 0. The minimum Gasteiger partial charge on any atom is -0.356 e. The van der Waals surface area contributed by atoms with Crippen LogP contribution < -0.4 is 4.90 Å². The molecule has 2 saturated heterocycles. The fraction of sp³-hybridized carbons (Fsp3) is 0.571. The zero-order valence-electron chi connectivity index (χ0n) is 10.8. The highest BCUT2D eigenvalue weighted by atomic mass is 16.2. The Balaban J connectivity index is 1.76. The second-order valence-electron chi connectivity index (χ2n) is 5.39. The van der Waals surface area contributed by atoms with Crippen LogP contribution in [0.15, 0.2) is 18.2 Å². The molecule has 3 heterocycles. The molecule has 0 atom stereocenters. The minimum atomic E-state index is 0.0860. The van der Waals surface area contributed by atoms with Crippen LogP contribution >= 0.6 is 0 Å². The van der Waals surface area contributed by atoms with Crippen molar-refractivity contribution in [2.75, 3.05) is 31.1 Å². The van der Waals surface area contributed by atoms with E-state index in [1.165, 1.54) is 0 Å². The number of hydrogen-bond donors (Lipinski definition) is 0. The van der Waals surface area contributed by atoms with Gasteiger partial charge in [0.15, 0.2) is 0 Å². The van der Waals surface area contributed by atoms with Gasteiger partial charge in [-0.2, -0.15) is 0 Å². The average Bonchev–Trinajstić information content (AvgIpc) is 2.88. The van der Waals surface area contributed by atoms with Crippen molar-refractivity contribution in [3.63, 3.8) is 0 Å². The number of carbonyl (C=O) groups excluding carboxylic acids is 1. The SMILES string of the molecule is CC1CN(c2cccc(C(=O)N3CCCC3)n2)C1. The zero-order valence-corrected chi connectivity index (χ0v) is 10.8. The fourth-order valence-electron chi connectivity index (χ4n) is 2.69. The monoisotopic (exact) mass is 245 g/mol. The molecule has 0 radical (unpaired) electrons. The van der Waals surface area contributed by atoms with Gasteiger partial charge < -0.3 is 9.80 Å². The Morgan fingerprint density at radius 2 is 2.00 bits per heavy atom. The number of nitrogens with zero attached hydrogens (tertiary/aromatic N) is 3. The van der Waals surface area contributed by atoms with E-state index >= 15 is 0 Å². The molecule has 0 saturated carbocycles. The molecule has 96 valence electrons. The number of hydrogen-bond acceptors (Lipinski definition) is 3. The molecule has 2 aliphatic rings. The van der Waals surface area contributed by atoms with Crippen LogP contribution in [-0.2, 0) is 0 Å². The molecule has 3 rings (SSSR count). The second-order valence-corrected chi connectivity index (χ2v) is 5.39. The topological polar surface area (TPSA) is 36.4 Å². The van der Waals surface area contributed by atoms with Gasteiger partial charge in [0.05, 0.1) is 0 Å². The van der Waals surface area contributed by atoms with E-state index in [9.17, 15) is 4.79 Å². The van der Waals surface area contributed by atoms with Crippen LogP contribution in [0.5, 0.6) is 0 Å². The molecule has 18 heavy (non-hydrogen) atoms. The molecular formula is C14H19N3O. The van der Waals surface area contributed by atoms with Crippen LogP contribution in [0.1, 0.15) is 30.3 Å². The third kappa shape index (κ3) is 2.07. The van der Waals surface area contributed by atoms with Gasteiger partial charge in [0, 0.05) is 26.2 Å². The summed E-state index contributed by atoms with van der Waals surface area (Å²) >= 11 is 0. The summed E-state index contributed by atoms with van der Waals surface area (Å²) in [6.45, 7) is 6.09. The summed E-state index contributed by atoms with van der Waals surface area (Å²) < 4.78 is 0. The summed E-state index contributed by atoms with van der Waals surface area (Å²) in [5.74, 6) is 1.77. The first kappa shape index (κ1) is 11.5. The molecule has 1 aromatic rings. The highest BCUT2D eigenvalue weighted by Gasteiger charge is 2.25. The molecule has 4 nitrogen and oxygen atoms in total. The summed E-state index contributed by atoms with van der Waals surface area (Å²) in [4.78, 5) is 20.9. The van der Waals surface area contributed by atoms with E-state index in [2.05, 4.69) is 16.8 Å². The largest absolute Gasteiger partial charge is 0.356 e. The highest BCUT2D eigenvalue weighted by molar-refractivity contribution is 5.92. The van der Waals surface area contributed by atoms with Gasteiger partial charge in [0.25, 0.3) is 5.91 Å². The molecule has 2 aliphatic heterocycles. The third-order valence-electron chi connectivity index (χ3n) is 3.73. The van der Waals surface area contributed by atoms with E-state index in [0.29, 0.717) is 5.69 Å². The van der Waals surface area contributed by atoms with Crippen molar-refractivity contribution < 1.29 is 4.79 Å². The van der Waals surface area contributed by atoms with Crippen molar-refractivity contribution >= 4 is 11.7 Å². The third-order valence-corrected chi connectivity index (χ3v) is 3.73. The van der Waals surface area contributed by atoms with Gasteiger partial charge in [0.1, 0.15) is 11.5 Å². The summed E-state index contributed by atoms with van der Waals surface area (Å²) in [5, 5.41) is 0. The van der Waals surface area contributed by atoms with Crippen LogP contribution in [0, 0.1) is 5.92 Å². The van der Waals surface area contributed by atoms with Crippen molar-refractivity contribution in [1.82, 2.24) is 9.88 Å². The number of amides is 1. The predicted octanol–water partition coefficient (Wildman–Crippen LogP) is 1.77. The van der Waals surface area contributed by atoms with Gasteiger partial charge in [-0.1, -0.05) is 13.0 Å². The Kier molecular flexibility index (Phi) is 2.94. The molecular weight excluding hydrogens is 226 g/mol. The predicted molar refractivity (Wildman–Crippen MR) is 70.8 cm³/mol. The van der Waals surface area contributed by atoms with Gasteiger partial charge in [-0.05, 0) is 30.9 Å². The summed E-state index contributed by atoms with van der Waals surface area (Å²) in [6.07, 6.45) is 2.24. The van der Waals surface area contributed by atoms with Crippen molar-refractivity contribution in [1.29, 1.82) is 0 Å². The Hall–Kier alpha value is -1.58. The molecule has 0 spiro atoms. The van der Waals surface area contributed by atoms with Crippen molar-refractivity contribution in [3.8, 4) is 0 Å². The quantitative estimate of drug-likeness (QED) is 0.797. The molecule has 2 fully saturated rings. The number of pyridine rings is 1. The van der Waals surface area contributed by atoms with Gasteiger partial charge >= 0.3 is 0 Å². The lowest BCUT2D eigenvalue weighted by Crippen LogP contribution is -2.45. The maximum atomic E-state index is 12.2. The lowest BCUT2D eigenvalue weighted by atomic mass is 10.0. The first-order chi connectivity index (χ1) is 8.74. The van der Waals surface area contributed by atoms with Crippen LogP contribution in [0.3, 0.4) is 0 Å². The second kappa shape index (κ2) is 4.59. The van der Waals surface area contributed by atoms with E-state index in [1.54, 1.807) is 0 Å². The lowest BCUT2D eigenvalue weighted by Gasteiger charge is -2.38. The minimum absolute atomic E-state index is 0.0860. The molecule has 0 aromatic carbocycles. The summed E-state index contributed by atoms with van der Waals surface area (Å²) in [5.41, 5.74) is 0.592. The van der Waals surface area contributed by atoms with Gasteiger partial charge in [0.2, 0.25) is 0 Å². The molecule has 0 unspecified atom stereocenters. The molecule has 0 bridgehead atoms.